The fraction of sp³-hybridized carbons (Fsp3) is 0.269. The van der Waals surface area contributed by atoms with E-state index >= 15 is 0 Å². The van der Waals surface area contributed by atoms with Crippen LogP contribution in [0.5, 0.6) is 17.2 Å². The molecule has 180 valence electrons. The van der Waals surface area contributed by atoms with E-state index in [4.69, 9.17) is 18.9 Å². The number of esters is 1. The first-order valence-electron chi connectivity index (χ1n) is 11.1. The summed E-state index contributed by atoms with van der Waals surface area (Å²) in [6.45, 7) is 5.52. The van der Waals surface area contributed by atoms with E-state index in [1.54, 1.807) is 50.7 Å². The highest BCUT2D eigenvalue weighted by molar-refractivity contribution is 7.07. The molecular formula is C26H24N2O6S. The predicted octanol–water partition coefficient (Wildman–Crippen LogP) is 2.92. The average Bonchev–Trinajstić information content (AvgIpc) is 3.41. The van der Waals surface area contributed by atoms with Gasteiger partial charge in [0.2, 0.25) is 6.79 Å². The Morgan fingerprint density at radius 1 is 1.17 bits per heavy atom. The number of thiazole rings is 1. The number of allylic oxidation sites excluding steroid dienone is 1. The van der Waals surface area contributed by atoms with E-state index in [0.29, 0.717) is 37.9 Å². The Labute approximate surface area is 205 Å². The molecule has 0 N–H and O–H groups in total. The summed E-state index contributed by atoms with van der Waals surface area (Å²) in [5.41, 5.74) is 2.18. The van der Waals surface area contributed by atoms with E-state index in [1.807, 2.05) is 30.3 Å². The summed E-state index contributed by atoms with van der Waals surface area (Å²) in [5.74, 6) is 1.49. The van der Waals surface area contributed by atoms with E-state index < -0.39 is 12.0 Å². The number of rotatable bonds is 5. The minimum atomic E-state index is -0.678. The van der Waals surface area contributed by atoms with Crippen LogP contribution < -0.4 is 29.1 Å². The maximum atomic E-state index is 13.7. The van der Waals surface area contributed by atoms with Gasteiger partial charge in [-0.3, -0.25) is 9.36 Å². The van der Waals surface area contributed by atoms with E-state index in [0.717, 1.165) is 11.1 Å². The van der Waals surface area contributed by atoms with Gasteiger partial charge in [-0.25, -0.2) is 9.79 Å². The largest absolute Gasteiger partial charge is 0.497 e. The molecule has 0 amide bonds. The summed E-state index contributed by atoms with van der Waals surface area (Å²) in [7, 11) is 1.59. The third kappa shape index (κ3) is 4.23. The molecule has 2 aliphatic rings. The molecular weight excluding hydrogens is 468 g/mol. The lowest BCUT2D eigenvalue weighted by atomic mass is 9.96. The van der Waals surface area contributed by atoms with E-state index in [-0.39, 0.29) is 18.5 Å². The standard InChI is InChI=1S/C26H24N2O6S/c1-14(2)34-25(30)22-15(3)27-26-28(23(22)17-6-8-18(31-4)9-7-17)24(29)21(35-26)12-16-5-10-19-20(11-16)33-13-32-19/h5-12,14,23H,13H2,1-4H3/b21-12-/t23-/m1/s1. The van der Waals surface area contributed by atoms with Crippen LogP contribution in [0.1, 0.15) is 37.9 Å². The number of nitrogens with zero attached hydrogens (tertiary/aromatic N) is 2. The van der Waals surface area contributed by atoms with Crippen molar-refractivity contribution < 1.29 is 23.7 Å². The molecule has 9 heteroatoms. The van der Waals surface area contributed by atoms with Gasteiger partial charge < -0.3 is 18.9 Å². The van der Waals surface area contributed by atoms with Crippen molar-refractivity contribution in [2.24, 2.45) is 4.99 Å². The number of carbonyl (C=O) groups is 1. The lowest BCUT2D eigenvalue weighted by molar-refractivity contribution is -0.143. The molecule has 1 atom stereocenters. The molecule has 0 fully saturated rings. The number of aromatic nitrogens is 1. The smallest absolute Gasteiger partial charge is 0.338 e. The molecule has 0 saturated heterocycles. The molecule has 0 spiro atoms. The molecule has 3 heterocycles. The first-order chi connectivity index (χ1) is 16.9. The van der Waals surface area contributed by atoms with Gasteiger partial charge in [-0.15, -0.1) is 0 Å². The summed E-state index contributed by atoms with van der Waals surface area (Å²) >= 11 is 1.27. The van der Waals surface area contributed by atoms with Gasteiger partial charge in [-0.2, -0.15) is 0 Å². The topological polar surface area (TPSA) is 88.4 Å². The Hall–Kier alpha value is -3.85. The number of hydrogen-bond acceptors (Lipinski definition) is 8. The average molecular weight is 493 g/mol. The van der Waals surface area contributed by atoms with Gasteiger partial charge in [0.15, 0.2) is 16.3 Å². The molecule has 5 rings (SSSR count). The molecule has 2 aliphatic heterocycles. The summed E-state index contributed by atoms with van der Waals surface area (Å²) < 4.78 is 23.7. The Bertz CT molecular complexity index is 1510. The highest BCUT2D eigenvalue weighted by Crippen LogP contribution is 2.33. The Morgan fingerprint density at radius 2 is 1.91 bits per heavy atom. The van der Waals surface area contributed by atoms with Crippen molar-refractivity contribution in [2.45, 2.75) is 32.9 Å². The van der Waals surface area contributed by atoms with Crippen LogP contribution in [0.15, 0.2) is 63.5 Å². The molecule has 35 heavy (non-hydrogen) atoms. The minimum absolute atomic E-state index is 0.178. The highest BCUT2D eigenvalue weighted by Gasteiger charge is 2.33. The van der Waals surface area contributed by atoms with Gasteiger partial charge in [-0.05, 0) is 62.2 Å². The van der Waals surface area contributed by atoms with E-state index in [9.17, 15) is 9.59 Å². The number of fused-ring (bicyclic) bond motifs is 2. The first kappa shape index (κ1) is 22.9. The van der Waals surface area contributed by atoms with Crippen LogP contribution in [0.4, 0.5) is 0 Å². The molecule has 1 aromatic heterocycles. The predicted molar refractivity (Wildman–Crippen MR) is 131 cm³/mol. The molecule has 2 aromatic carbocycles. The highest BCUT2D eigenvalue weighted by atomic mass is 32.1. The first-order valence-corrected chi connectivity index (χ1v) is 11.9. The number of methoxy groups -OCH3 is 1. The van der Waals surface area contributed by atoms with Crippen LogP contribution in [-0.4, -0.2) is 30.5 Å². The van der Waals surface area contributed by atoms with E-state index in [1.165, 1.54) is 11.3 Å². The fourth-order valence-electron chi connectivity index (χ4n) is 4.12. The number of ether oxygens (including phenoxy) is 4. The van der Waals surface area contributed by atoms with Crippen molar-refractivity contribution in [1.29, 1.82) is 0 Å². The maximum absolute atomic E-state index is 13.7. The third-order valence-electron chi connectivity index (χ3n) is 5.71. The molecule has 0 bridgehead atoms. The van der Waals surface area contributed by atoms with Crippen LogP contribution in [0, 0.1) is 0 Å². The van der Waals surface area contributed by atoms with Gasteiger partial charge >= 0.3 is 5.97 Å². The van der Waals surface area contributed by atoms with Gasteiger partial charge in [0.05, 0.1) is 35.1 Å². The number of carbonyl (C=O) groups excluding carboxylic acids is 1. The van der Waals surface area contributed by atoms with Crippen molar-refractivity contribution in [3.8, 4) is 17.2 Å². The normalized spacial score (nSPS) is 16.8. The molecule has 3 aromatic rings. The second-order valence-corrected chi connectivity index (χ2v) is 9.43. The van der Waals surface area contributed by atoms with Crippen molar-refractivity contribution in [3.05, 3.63) is 84.5 Å². The minimum Gasteiger partial charge on any atom is -0.497 e. The maximum Gasteiger partial charge on any atom is 0.338 e. The lowest BCUT2D eigenvalue weighted by Gasteiger charge is -2.25. The van der Waals surface area contributed by atoms with Crippen LogP contribution >= 0.6 is 11.3 Å². The fourth-order valence-corrected chi connectivity index (χ4v) is 5.16. The summed E-state index contributed by atoms with van der Waals surface area (Å²) in [6.07, 6.45) is 1.48. The Kier molecular flexibility index (Phi) is 5.94. The zero-order valence-electron chi connectivity index (χ0n) is 19.7. The monoisotopic (exact) mass is 492 g/mol. The lowest BCUT2D eigenvalue weighted by Crippen LogP contribution is -2.40. The molecule has 0 radical (unpaired) electrons. The SMILES string of the molecule is COc1ccc([C@@H]2C(C(=O)OC(C)C)=C(C)N=c3s/c(=C\c4ccc5c(c4)OCO5)c(=O)n32)cc1. The van der Waals surface area contributed by atoms with Crippen molar-refractivity contribution >= 4 is 23.4 Å². The van der Waals surface area contributed by atoms with Gasteiger partial charge in [-0.1, -0.05) is 29.5 Å². The zero-order valence-corrected chi connectivity index (χ0v) is 20.5. The Balaban J connectivity index is 1.67. The second kappa shape index (κ2) is 9.07. The van der Waals surface area contributed by atoms with Gasteiger partial charge in [0.1, 0.15) is 5.75 Å². The van der Waals surface area contributed by atoms with E-state index in [2.05, 4.69) is 4.99 Å². The number of hydrogen-bond donors (Lipinski definition) is 0. The quantitative estimate of drug-likeness (QED) is 0.509. The molecule has 8 nitrogen and oxygen atoms in total. The van der Waals surface area contributed by atoms with Crippen LogP contribution in [-0.2, 0) is 9.53 Å². The zero-order chi connectivity index (χ0) is 24.7. The van der Waals surface area contributed by atoms with Crippen molar-refractivity contribution in [1.82, 2.24) is 4.57 Å². The molecule has 0 saturated carbocycles. The number of benzene rings is 2. The van der Waals surface area contributed by atoms with Gasteiger partial charge in [0, 0.05) is 0 Å². The summed E-state index contributed by atoms with van der Waals surface area (Å²) in [6, 6.07) is 12.1. The van der Waals surface area contributed by atoms with Crippen molar-refractivity contribution in [3.63, 3.8) is 0 Å². The van der Waals surface area contributed by atoms with Crippen LogP contribution in [0.3, 0.4) is 0 Å². The molecule has 0 unspecified atom stereocenters. The van der Waals surface area contributed by atoms with Crippen molar-refractivity contribution in [2.75, 3.05) is 13.9 Å². The second-order valence-electron chi connectivity index (χ2n) is 8.42. The molecule has 0 aliphatic carbocycles. The summed E-state index contributed by atoms with van der Waals surface area (Å²) in [4.78, 5) is 32.0. The third-order valence-corrected chi connectivity index (χ3v) is 6.69. The summed E-state index contributed by atoms with van der Waals surface area (Å²) in [5, 5.41) is 0. The van der Waals surface area contributed by atoms with Gasteiger partial charge in [0.25, 0.3) is 5.56 Å². The van der Waals surface area contributed by atoms with Crippen LogP contribution in [0.25, 0.3) is 6.08 Å². The van der Waals surface area contributed by atoms with Crippen LogP contribution in [0.2, 0.25) is 0 Å². The Morgan fingerprint density at radius 3 is 2.63 bits per heavy atom.